The van der Waals surface area contributed by atoms with E-state index in [2.05, 4.69) is 48.3 Å². The Kier molecular flexibility index (Phi) is 7.68. The zero-order chi connectivity index (χ0) is 24.3. The molecule has 0 bridgehead atoms. The summed E-state index contributed by atoms with van der Waals surface area (Å²) in [5.41, 5.74) is 3.97. The molecule has 1 N–H and O–H groups in total. The molecule has 3 aromatic rings. The molecule has 0 spiro atoms. The number of aliphatic hydroxyl groups is 1. The highest BCUT2D eigenvalue weighted by molar-refractivity contribution is 8.00. The van der Waals surface area contributed by atoms with Gasteiger partial charge in [-0.1, -0.05) is 36.7 Å². The topological polar surface area (TPSA) is 51.6 Å². The maximum atomic E-state index is 9.33. The lowest BCUT2D eigenvalue weighted by Gasteiger charge is -2.22. The first-order chi connectivity index (χ1) is 17.1. The quantitative estimate of drug-likeness (QED) is 0.258. The van der Waals surface area contributed by atoms with Gasteiger partial charge in [0.2, 0.25) is 0 Å². The van der Waals surface area contributed by atoms with Gasteiger partial charge in [-0.05, 0) is 80.0 Å². The van der Waals surface area contributed by atoms with Crippen LogP contribution in [0.15, 0.2) is 65.8 Å². The lowest BCUT2D eigenvalue weighted by atomic mass is 9.96. The molecule has 1 heterocycles. The average Bonchev–Trinajstić information content (AvgIpc) is 3.81. The fourth-order valence-electron chi connectivity index (χ4n) is 4.39. The van der Waals surface area contributed by atoms with Gasteiger partial charge in [0, 0.05) is 45.3 Å². The van der Waals surface area contributed by atoms with Crippen LogP contribution in [-0.4, -0.2) is 28.1 Å². The highest BCUT2D eigenvalue weighted by Crippen LogP contribution is 2.53. The Morgan fingerprint density at radius 2 is 1.97 bits per heavy atom. The van der Waals surface area contributed by atoms with E-state index < -0.39 is 0 Å². The Bertz CT molecular complexity index is 1160. The Morgan fingerprint density at radius 3 is 2.71 bits per heavy atom. The normalized spacial score (nSPS) is 17.2. The van der Waals surface area contributed by atoms with Crippen LogP contribution in [0.2, 0.25) is 5.02 Å². The van der Waals surface area contributed by atoms with E-state index in [9.17, 15) is 5.11 Å². The van der Waals surface area contributed by atoms with Crippen molar-refractivity contribution in [2.75, 3.05) is 6.61 Å². The molecule has 1 aromatic heterocycles. The summed E-state index contributed by atoms with van der Waals surface area (Å²) >= 11 is 8.36. The molecule has 4 nitrogen and oxygen atoms in total. The van der Waals surface area contributed by atoms with Crippen LogP contribution in [0.4, 0.5) is 0 Å². The molecule has 2 saturated carbocycles. The predicted molar refractivity (Wildman–Crippen MR) is 142 cm³/mol. The second kappa shape index (κ2) is 10.9. The second-order valence-electron chi connectivity index (χ2n) is 9.43. The number of rotatable bonds is 12. The number of aromatic nitrogens is 1. The number of halogens is 1. The number of nitrogens with zero attached hydrogens (tertiary/aromatic N) is 1. The molecule has 0 aliphatic heterocycles. The van der Waals surface area contributed by atoms with Gasteiger partial charge in [0.1, 0.15) is 5.75 Å². The largest absolute Gasteiger partial charge is 0.490 e. The van der Waals surface area contributed by atoms with Crippen molar-refractivity contribution in [2.45, 2.75) is 73.9 Å². The van der Waals surface area contributed by atoms with Crippen LogP contribution in [-0.2, 0) is 16.9 Å². The average molecular weight is 510 g/mol. The van der Waals surface area contributed by atoms with Gasteiger partial charge in [-0.3, -0.25) is 4.98 Å². The molecule has 1 unspecified atom stereocenters. The molecule has 0 radical (unpaired) electrons. The van der Waals surface area contributed by atoms with Crippen LogP contribution in [0, 0.1) is 0 Å². The molecule has 1 atom stereocenters. The van der Waals surface area contributed by atoms with Gasteiger partial charge in [0.15, 0.2) is 0 Å². The Morgan fingerprint density at radius 1 is 1.14 bits per heavy atom. The summed E-state index contributed by atoms with van der Waals surface area (Å²) in [6.07, 6.45) is 10.1. The highest BCUT2D eigenvalue weighted by atomic mass is 35.5. The fourth-order valence-corrected chi connectivity index (χ4v) is 5.69. The minimum atomic E-state index is -0.356. The molecule has 0 amide bonds. The molecular formula is C29H32ClNO3S. The number of para-hydroxylation sites is 1. The molecule has 2 fully saturated rings. The molecule has 35 heavy (non-hydrogen) atoms. The third-order valence-electron chi connectivity index (χ3n) is 6.74. The lowest BCUT2D eigenvalue weighted by molar-refractivity contribution is 0.0173. The summed E-state index contributed by atoms with van der Waals surface area (Å²) < 4.78 is 12.8. The molecule has 184 valence electrons. The predicted octanol–water partition coefficient (Wildman–Crippen LogP) is 7.40. The van der Waals surface area contributed by atoms with E-state index in [1.165, 1.54) is 0 Å². The number of pyridine rings is 1. The third kappa shape index (κ3) is 5.86. The monoisotopic (exact) mass is 509 g/mol. The number of ether oxygens (including phenoxy) is 2. The summed E-state index contributed by atoms with van der Waals surface area (Å²) in [5, 5.41) is 10.4. The Balaban J connectivity index is 1.36. The van der Waals surface area contributed by atoms with Crippen molar-refractivity contribution in [1.29, 1.82) is 0 Å². The summed E-state index contributed by atoms with van der Waals surface area (Å²) in [7, 11) is 0. The van der Waals surface area contributed by atoms with Gasteiger partial charge >= 0.3 is 0 Å². The van der Waals surface area contributed by atoms with Crippen LogP contribution < -0.4 is 4.74 Å². The van der Waals surface area contributed by atoms with Gasteiger partial charge in [-0.25, -0.2) is 0 Å². The molecule has 2 aromatic carbocycles. The zero-order valence-electron chi connectivity index (χ0n) is 20.1. The van der Waals surface area contributed by atoms with Crippen molar-refractivity contribution in [3.05, 3.63) is 77.1 Å². The molecule has 0 saturated heterocycles. The number of aliphatic hydroxyl groups excluding tert-OH is 1. The van der Waals surface area contributed by atoms with Crippen LogP contribution >= 0.6 is 23.4 Å². The van der Waals surface area contributed by atoms with Crippen molar-refractivity contribution < 1.29 is 14.6 Å². The second-order valence-corrected chi connectivity index (χ2v) is 11.2. The number of benzene rings is 2. The summed E-state index contributed by atoms with van der Waals surface area (Å²) in [4.78, 5) is 5.61. The van der Waals surface area contributed by atoms with Gasteiger partial charge in [-0.15, -0.1) is 11.8 Å². The van der Waals surface area contributed by atoms with Crippen molar-refractivity contribution in [3.63, 3.8) is 0 Å². The fraction of sp³-hybridized carbons (Fsp3) is 0.414. The number of hydrogen-bond donors (Lipinski definition) is 1. The van der Waals surface area contributed by atoms with E-state index in [-0.39, 0.29) is 12.2 Å². The maximum absolute atomic E-state index is 9.33. The van der Waals surface area contributed by atoms with E-state index in [0.717, 1.165) is 76.4 Å². The minimum absolute atomic E-state index is 0.208. The van der Waals surface area contributed by atoms with Gasteiger partial charge in [0.05, 0.1) is 18.3 Å². The van der Waals surface area contributed by atoms with E-state index in [1.807, 2.05) is 24.5 Å². The first-order valence-electron chi connectivity index (χ1n) is 12.5. The van der Waals surface area contributed by atoms with E-state index >= 15 is 0 Å². The zero-order valence-corrected chi connectivity index (χ0v) is 21.7. The first kappa shape index (κ1) is 24.6. The number of thioether (sulfide) groups is 1. The van der Waals surface area contributed by atoms with Crippen molar-refractivity contribution >= 4 is 23.4 Å². The molecule has 6 heteroatoms. The third-order valence-corrected chi connectivity index (χ3v) is 8.54. The Labute approximate surface area is 217 Å². The van der Waals surface area contributed by atoms with E-state index in [4.69, 9.17) is 21.1 Å². The van der Waals surface area contributed by atoms with Gasteiger partial charge in [0.25, 0.3) is 0 Å². The Hall–Kier alpha value is -2.05. The van der Waals surface area contributed by atoms with Crippen LogP contribution in [0.5, 0.6) is 5.75 Å². The summed E-state index contributed by atoms with van der Waals surface area (Å²) in [6.45, 7) is 2.81. The summed E-state index contributed by atoms with van der Waals surface area (Å²) in [6, 6.07) is 16.5. The van der Waals surface area contributed by atoms with Gasteiger partial charge in [-0.2, -0.15) is 0 Å². The van der Waals surface area contributed by atoms with Crippen LogP contribution in [0.3, 0.4) is 0 Å². The summed E-state index contributed by atoms with van der Waals surface area (Å²) in [5.74, 6) is 0.930. The smallest absolute Gasteiger partial charge is 0.127 e. The molecule has 2 aliphatic rings. The maximum Gasteiger partial charge on any atom is 0.127 e. The van der Waals surface area contributed by atoms with Gasteiger partial charge < -0.3 is 14.6 Å². The minimum Gasteiger partial charge on any atom is -0.490 e. The number of hydrogen-bond acceptors (Lipinski definition) is 5. The van der Waals surface area contributed by atoms with Crippen molar-refractivity contribution in [3.8, 4) is 16.9 Å². The van der Waals surface area contributed by atoms with Crippen molar-refractivity contribution in [2.24, 2.45) is 0 Å². The molecular weight excluding hydrogens is 478 g/mol. The van der Waals surface area contributed by atoms with Crippen LogP contribution in [0.1, 0.15) is 56.6 Å². The lowest BCUT2D eigenvalue weighted by Crippen LogP contribution is -2.14. The first-order valence-corrected chi connectivity index (χ1v) is 13.8. The molecule has 2 aliphatic carbocycles. The van der Waals surface area contributed by atoms with E-state index in [0.29, 0.717) is 18.0 Å². The SMILES string of the molecule is CCC(CCO)Sc1ccc(Cl)c(COC2(c3cnccc3-c3ccccc3OC3CC3)CC2)c1. The van der Waals surface area contributed by atoms with E-state index in [1.54, 1.807) is 11.8 Å². The highest BCUT2D eigenvalue weighted by Gasteiger charge is 2.47. The molecule has 5 rings (SSSR count). The van der Waals surface area contributed by atoms with Crippen LogP contribution in [0.25, 0.3) is 11.1 Å². The van der Waals surface area contributed by atoms with Crippen molar-refractivity contribution in [1.82, 2.24) is 4.98 Å². The standard InChI is InChI=1S/C29H32ClNO3S/c1-2-22(12-16-32)35-23-9-10-27(30)20(17-23)19-33-29(13-14-29)26-18-31-15-11-24(26)25-5-3-4-6-28(25)34-21-7-8-21/h3-6,9-11,15,17-18,21-22,32H,2,7-8,12-14,16,19H2,1H3.